The number of allylic oxidation sites excluding steroid dienone is 5. The molecule has 0 amide bonds. The molecule has 0 bridgehead atoms. The van der Waals surface area contributed by atoms with Crippen LogP contribution in [0.1, 0.15) is 105 Å². The normalized spacial score (nSPS) is 30.4. The third-order valence-corrected chi connectivity index (χ3v) is 12.1. The third kappa shape index (κ3) is 5.72. The van der Waals surface area contributed by atoms with E-state index in [4.69, 9.17) is 4.74 Å². The molecule has 7 atom stereocenters. The van der Waals surface area contributed by atoms with Gasteiger partial charge in [0.2, 0.25) is 0 Å². The highest BCUT2D eigenvalue weighted by molar-refractivity contribution is 5.80. The number of carbonyl (C=O) groups excluding carboxylic acids is 1. The molecule has 0 N–H and O–H groups in total. The van der Waals surface area contributed by atoms with Crippen LogP contribution in [0.3, 0.4) is 0 Å². The van der Waals surface area contributed by atoms with Crippen molar-refractivity contribution in [1.82, 2.24) is 9.36 Å². The van der Waals surface area contributed by atoms with E-state index in [0.717, 1.165) is 25.7 Å². The van der Waals surface area contributed by atoms with Crippen molar-refractivity contribution < 1.29 is 9.53 Å². The number of benzene rings is 1. The van der Waals surface area contributed by atoms with Gasteiger partial charge in [-0.2, -0.15) is 0 Å². The molecule has 6 nitrogen and oxygen atoms in total. The number of rotatable bonds is 7. The summed E-state index contributed by atoms with van der Waals surface area (Å²) in [7, 11) is 0. The van der Waals surface area contributed by atoms with Crippen LogP contribution in [0.5, 0.6) is 0 Å². The first kappa shape index (κ1) is 31.8. The molecule has 45 heavy (non-hydrogen) atoms. The monoisotopic (exact) mass is 612 g/mol. The van der Waals surface area contributed by atoms with Crippen molar-refractivity contribution in [3.05, 3.63) is 79.9 Å². The Morgan fingerprint density at radius 1 is 1.02 bits per heavy atom. The number of hydrogen-bond donors (Lipinski definition) is 0. The zero-order chi connectivity index (χ0) is 32.0. The van der Waals surface area contributed by atoms with Crippen molar-refractivity contribution in [3.8, 4) is 0 Å². The summed E-state index contributed by atoms with van der Waals surface area (Å²) in [6.45, 7) is 14.1. The summed E-state index contributed by atoms with van der Waals surface area (Å²) in [5, 5.41) is 0.957. The summed E-state index contributed by atoms with van der Waals surface area (Å²) >= 11 is 0. The quantitative estimate of drug-likeness (QED) is 0.234. The molecule has 0 radical (unpaired) electrons. The molecule has 1 aliphatic heterocycles. The van der Waals surface area contributed by atoms with Crippen LogP contribution < -0.4 is 11.1 Å². The second-order valence-corrected chi connectivity index (χ2v) is 15.0. The highest BCUT2D eigenvalue weighted by Crippen LogP contribution is 2.60. The maximum Gasteiger partial charge on any atom is 0.305 e. The fourth-order valence-corrected chi connectivity index (χ4v) is 9.17. The van der Waals surface area contributed by atoms with Crippen molar-refractivity contribution in [3.63, 3.8) is 0 Å². The summed E-state index contributed by atoms with van der Waals surface area (Å²) in [6.07, 6.45) is 15.4. The zero-order valence-electron chi connectivity index (χ0n) is 28.2. The minimum absolute atomic E-state index is 0.106. The van der Waals surface area contributed by atoms with Gasteiger partial charge in [0.1, 0.15) is 6.10 Å². The molecule has 2 heterocycles. The number of carbonyl (C=O) groups is 1. The standard InChI is InChI=1S/C39H52N2O4/c1-7-36(42)45-29-17-16-28-23-40-37(43)30-12-8-9-13-31(30)38(44)41(40)35(32(28)22-29)21-27-11-10-20-39(6)33(18-19-34(27)39)26(5)15-14-25(4)24(2)3/h8-9,12-15,21,24-26,29,33-35H,7,10-11,16-20,22-23H2,1-6H3/b15-14+,27-21+/t25-,26+,29-,33?,34?,35-,39?/m0/s1. The Bertz CT molecular complexity index is 1670. The number of nitrogens with zero attached hydrogens (tertiary/aromatic N) is 2. The van der Waals surface area contributed by atoms with Gasteiger partial charge < -0.3 is 4.74 Å². The summed E-state index contributed by atoms with van der Waals surface area (Å²) < 4.78 is 9.31. The largest absolute Gasteiger partial charge is 0.462 e. The van der Waals surface area contributed by atoms with E-state index < -0.39 is 0 Å². The molecule has 0 saturated heterocycles. The van der Waals surface area contributed by atoms with E-state index in [1.165, 1.54) is 36.0 Å². The average molecular weight is 613 g/mol. The molecule has 4 aliphatic rings. The van der Waals surface area contributed by atoms with Crippen LogP contribution >= 0.6 is 0 Å². The van der Waals surface area contributed by atoms with Gasteiger partial charge in [-0.25, -0.2) is 9.36 Å². The van der Waals surface area contributed by atoms with Crippen LogP contribution in [0.25, 0.3) is 10.8 Å². The maximum absolute atomic E-state index is 14.2. The lowest BCUT2D eigenvalue weighted by Crippen LogP contribution is -2.46. The molecule has 2 fully saturated rings. The topological polar surface area (TPSA) is 70.3 Å². The van der Waals surface area contributed by atoms with Crippen LogP contribution in [0, 0.1) is 35.0 Å². The molecule has 242 valence electrons. The van der Waals surface area contributed by atoms with Gasteiger partial charge in [-0.15, -0.1) is 0 Å². The molecular formula is C39H52N2O4. The van der Waals surface area contributed by atoms with E-state index in [0.29, 0.717) is 59.7 Å². The smallest absolute Gasteiger partial charge is 0.305 e. The van der Waals surface area contributed by atoms with Crippen molar-refractivity contribution in [2.45, 2.75) is 118 Å². The van der Waals surface area contributed by atoms with Crippen LogP contribution in [0.15, 0.2) is 68.8 Å². The Labute approximate surface area is 268 Å². The number of fused-ring (bicyclic) bond motifs is 3. The third-order valence-electron chi connectivity index (χ3n) is 12.1. The summed E-state index contributed by atoms with van der Waals surface area (Å²) in [4.78, 5) is 40.4. The maximum atomic E-state index is 14.2. The van der Waals surface area contributed by atoms with Crippen molar-refractivity contribution in [2.75, 3.05) is 0 Å². The molecule has 1 aromatic heterocycles. The molecule has 6 rings (SSSR count). The van der Waals surface area contributed by atoms with E-state index in [1.54, 1.807) is 21.5 Å². The summed E-state index contributed by atoms with van der Waals surface area (Å²) in [6, 6.07) is 6.88. The second kappa shape index (κ2) is 12.6. The molecule has 2 saturated carbocycles. The van der Waals surface area contributed by atoms with E-state index in [-0.39, 0.29) is 34.6 Å². The molecular weight excluding hydrogens is 560 g/mol. The van der Waals surface area contributed by atoms with Gasteiger partial charge in [0.15, 0.2) is 0 Å². The van der Waals surface area contributed by atoms with Gasteiger partial charge in [-0.1, -0.05) is 77.5 Å². The first-order valence-corrected chi connectivity index (χ1v) is 17.6. The average Bonchev–Trinajstić information content (AvgIpc) is 3.39. The van der Waals surface area contributed by atoms with Gasteiger partial charge in [0.05, 0.1) is 23.4 Å². The van der Waals surface area contributed by atoms with Crippen LogP contribution in [0.4, 0.5) is 0 Å². The Hall–Kier alpha value is -3.15. The molecule has 2 aromatic rings. The molecule has 3 unspecified atom stereocenters. The van der Waals surface area contributed by atoms with E-state index in [9.17, 15) is 14.4 Å². The molecule has 3 aliphatic carbocycles. The lowest BCUT2D eigenvalue weighted by atomic mass is 9.61. The highest BCUT2D eigenvalue weighted by Gasteiger charge is 2.50. The molecule has 6 heteroatoms. The van der Waals surface area contributed by atoms with Gasteiger partial charge in [-0.05, 0) is 103 Å². The predicted octanol–water partition coefficient (Wildman–Crippen LogP) is 8.15. The lowest BCUT2D eigenvalue weighted by Gasteiger charge is -2.45. The van der Waals surface area contributed by atoms with Crippen molar-refractivity contribution >= 4 is 16.7 Å². The SMILES string of the molecule is CCC(=O)O[C@H]1CCC2=C(C1)[C@H](/C=C1\CCCC3(C)C1CCC3[C@H](C)/C=C/[C@H](C)C(C)C)n1c(=O)c3ccccc3c(=O)n1C2. The van der Waals surface area contributed by atoms with Crippen LogP contribution in [-0.2, 0) is 16.1 Å². The van der Waals surface area contributed by atoms with Gasteiger partial charge >= 0.3 is 5.97 Å². The number of esters is 1. The first-order valence-electron chi connectivity index (χ1n) is 17.6. The fraction of sp³-hybridized carbons (Fsp3) is 0.615. The van der Waals surface area contributed by atoms with Crippen molar-refractivity contribution in [1.29, 1.82) is 0 Å². The summed E-state index contributed by atoms with van der Waals surface area (Å²) in [5.74, 6) is 2.64. The van der Waals surface area contributed by atoms with E-state index in [2.05, 4.69) is 52.8 Å². The van der Waals surface area contributed by atoms with E-state index in [1.807, 2.05) is 19.1 Å². The van der Waals surface area contributed by atoms with E-state index >= 15 is 0 Å². The number of hydrogen-bond acceptors (Lipinski definition) is 4. The Morgan fingerprint density at radius 3 is 2.47 bits per heavy atom. The number of aromatic nitrogens is 2. The van der Waals surface area contributed by atoms with Gasteiger partial charge in [0.25, 0.3) is 11.1 Å². The molecule has 0 spiro atoms. The van der Waals surface area contributed by atoms with Crippen molar-refractivity contribution in [2.24, 2.45) is 35.0 Å². The fourth-order valence-electron chi connectivity index (χ4n) is 9.17. The van der Waals surface area contributed by atoms with Gasteiger partial charge in [-0.3, -0.25) is 14.4 Å². The molecule has 1 aromatic carbocycles. The minimum Gasteiger partial charge on any atom is -0.462 e. The minimum atomic E-state index is -0.345. The zero-order valence-corrected chi connectivity index (χ0v) is 28.2. The Kier molecular flexibility index (Phi) is 8.88. The lowest BCUT2D eigenvalue weighted by molar-refractivity contribution is -0.149. The Balaban J connectivity index is 1.42. The summed E-state index contributed by atoms with van der Waals surface area (Å²) in [5.41, 5.74) is 3.82. The predicted molar refractivity (Wildman–Crippen MR) is 181 cm³/mol. The number of ether oxygens (including phenoxy) is 1. The highest BCUT2D eigenvalue weighted by atomic mass is 16.5. The first-order chi connectivity index (χ1) is 21.5. The van der Waals surface area contributed by atoms with Gasteiger partial charge in [0, 0.05) is 12.8 Å². The second-order valence-electron chi connectivity index (χ2n) is 15.0. The van der Waals surface area contributed by atoms with Crippen LogP contribution in [-0.4, -0.2) is 21.4 Å². The van der Waals surface area contributed by atoms with Crippen LogP contribution in [0.2, 0.25) is 0 Å². The Morgan fingerprint density at radius 2 is 1.76 bits per heavy atom.